The van der Waals surface area contributed by atoms with Gasteiger partial charge in [-0.3, -0.25) is 14.5 Å². The minimum atomic E-state index is -0.760. The number of hydrogen-bond acceptors (Lipinski definition) is 3. The Kier molecular flexibility index (Phi) is 4.90. The first-order valence-corrected chi connectivity index (χ1v) is 10.9. The van der Waals surface area contributed by atoms with Gasteiger partial charge in [-0.25, -0.2) is 0 Å². The summed E-state index contributed by atoms with van der Waals surface area (Å²) in [5.41, 5.74) is 5.94. The number of H-pyrrole nitrogens is 1. The van der Waals surface area contributed by atoms with Crippen LogP contribution in [0.1, 0.15) is 33.9 Å². The van der Waals surface area contributed by atoms with Gasteiger partial charge in [0.05, 0.1) is 11.6 Å². The van der Waals surface area contributed by atoms with Crippen molar-refractivity contribution in [3.05, 3.63) is 106 Å². The number of carbonyl (C=O) groups excluding carboxylic acids is 2. The second kappa shape index (κ2) is 7.78. The van der Waals surface area contributed by atoms with Crippen molar-refractivity contribution in [1.82, 2.24) is 4.98 Å². The van der Waals surface area contributed by atoms with E-state index in [-0.39, 0.29) is 11.3 Å². The van der Waals surface area contributed by atoms with Gasteiger partial charge in [0, 0.05) is 33.9 Å². The van der Waals surface area contributed by atoms with Crippen LogP contribution in [0.25, 0.3) is 16.7 Å². The normalized spacial score (nSPS) is 17.8. The topological polar surface area (TPSA) is 73.4 Å². The second-order valence-corrected chi connectivity index (χ2v) is 8.60. The fraction of sp³-hybridized carbons (Fsp3) is 0.143. The Hall–Kier alpha value is -4.12. The monoisotopic (exact) mass is 436 g/mol. The standard InChI is InChI=1S/C28H24N2O3/c1-16-7-6-8-20(13-16)30-25(22-15-29-23-10-5-4-9-21(22)23)24(27(32)28(30)33)26(31)19-12-11-17(2)18(3)14-19/h4-15,25,29,31H,1-3H3/b26-24+. The Morgan fingerprint density at radius 3 is 2.45 bits per heavy atom. The van der Waals surface area contributed by atoms with Crippen LogP contribution in [-0.2, 0) is 9.59 Å². The molecule has 1 atom stereocenters. The van der Waals surface area contributed by atoms with E-state index in [0.29, 0.717) is 11.3 Å². The summed E-state index contributed by atoms with van der Waals surface area (Å²) in [5.74, 6) is -1.51. The quantitative estimate of drug-likeness (QED) is 0.245. The average molecular weight is 437 g/mol. The van der Waals surface area contributed by atoms with Crippen LogP contribution in [0.15, 0.2) is 78.5 Å². The van der Waals surface area contributed by atoms with Gasteiger partial charge in [0.2, 0.25) is 0 Å². The van der Waals surface area contributed by atoms with Crippen LogP contribution in [0.4, 0.5) is 5.69 Å². The zero-order chi connectivity index (χ0) is 23.3. The number of ketones is 1. The van der Waals surface area contributed by atoms with E-state index in [4.69, 9.17) is 0 Å². The molecule has 0 radical (unpaired) electrons. The number of benzene rings is 3. The molecule has 0 saturated carbocycles. The second-order valence-electron chi connectivity index (χ2n) is 8.60. The molecule has 164 valence electrons. The van der Waals surface area contributed by atoms with Gasteiger partial charge in [-0.15, -0.1) is 0 Å². The number of amides is 1. The number of aliphatic hydroxyl groups excluding tert-OH is 1. The predicted molar refractivity (Wildman–Crippen MR) is 130 cm³/mol. The van der Waals surface area contributed by atoms with E-state index in [9.17, 15) is 14.7 Å². The van der Waals surface area contributed by atoms with Gasteiger partial charge in [-0.2, -0.15) is 0 Å². The number of nitrogens with zero attached hydrogens (tertiary/aromatic N) is 1. The first-order valence-electron chi connectivity index (χ1n) is 10.9. The number of aromatic amines is 1. The van der Waals surface area contributed by atoms with Crippen LogP contribution in [0.5, 0.6) is 0 Å². The lowest BCUT2D eigenvalue weighted by molar-refractivity contribution is -0.132. The minimum Gasteiger partial charge on any atom is -0.507 e. The number of Topliss-reactive ketones (excluding diaryl/α,β-unsaturated/α-hetero) is 1. The molecule has 4 aromatic rings. The largest absolute Gasteiger partial charge is 0.507 e. The molecule has 33 heavy (non-hydrogen) atoms. The molecule has 5 rings (SSSR count). The molecule has 2 N–H and O–H groups in total. The van der Waals surface area contributed by atoms with Crippen molar-refractivity contribution < 1.29 is 14.7 Å². The lowest BCUT2D eigenvalue weighted by atomic mass is 9.94. The van der Waals surface area contributed by atoms with Crippen LogP contribution in [0.2, 0.25) is 0 Å². The lowest BCUT2D eigenvalue weighted by Crippen LogP contribution is -2.29. The number of nitrogens with one attached hydrogen (secondary N) is 1. The smallest absolute Gasteiger partial charge is 0.300 e. The molecule has 1 aliphatic heterocycles. The molecule has 1 aliphatic rings. The van der Waals surface area contributed by atoms with Crippen molar-refractivity contribution in [1.29, 1.82) is 0 Å². The minimum absolute atomic E-state index is 0.0921. The molecule has 0 spiro atoms. The van der Waals surface area contributed by atoms with Crippen molar-refractivity contribution in [2.24, 2.45) is 0 Å². The summed E-state index contributed by atoms with van der Waals surface area (Å²) in [5, 5.41) is 12.3. The number of aliphatic hydroxyl groups is 1. The van der Waals surface area contributed by atoms with Crippen LogP contribution < -0.4 is 4.90 Å². The SMILES string of the molecule is Cc1cccc(N2C(=O)C(=O)/C(=C(/O)c3ccc(C)c(C)c3)C2c2c[nH]c3ccccc23)c1. The van der Waals surface area contributed by atoms with Crippen molar-refractivity contribution >= 4 is 34.0 Å². The summed E-state index contributed by atoms with van der Waals surface area (Å²) in [6.07, 6.45) is 1.82. The Balaban J connectivity index is 1.79. The maximum atomic E-state index is 13.4. The third-order valence-electron chi connectivity index (χ3n) is 6.42. The third kappa shape index (κ3) is 3.33. The van der Waals surface area contributed by atoms with Crippen molar-refractivity contribution in [3.63, 3.8) is 0 Å². The molecule has 1 unspecified atom stereocenters. The molecular weight excluding hydrogens is 412 g/mol. The van der Waals surface area contributed by atoms with E-state index >= 15 is 0 Å². The molecule has 1 saturated heterocycles. The molecule has 5 nitrogen and oxygen atoms in total. The maximum absolute atomic E-state index is 13.4. The molecule has 1 aromatic heterocycles. The van der Waals surface area contributed by atoms with Gasteiger partial charge in [-0.1, -0.05) is 42.5 Å². The zero-order valence-corrected chi connectivity index (χ0v) is 18.7. The van der Waals surface area contributed by atoms with Gasteiger partial charge in [0.25, 0.3) is 11.7 Å². The molecule has 5 heteroatoms. The summed E-state index contributed by atoms with van der Waals surface area (Å²) in [6, 6.07) is 20.0. The highest BCUT2D eigenvalue weighted by Gasteiger charge is 2.47. The number of rotatable bonds is 3. The van der Waals surface area contributed by atoms with Crippen LogP contribution in [0, 0.1) is 20.8 Å². The lowest BCUT2D eigenvalue weighted by Gasteiger charge is -2.25. The molecule has 0 aliphatic carbocycles. The number of aromatic nitrogens is 1. The highest BCUT2D eigenvalue weighted by atomic mass is 16.3. The first-order chi connectivity index (χ1) is 15.9. The molecular formula is C28H24N2O3. The molecule has 2 heterocycles. The van der Waals surface area contributed by atoms with Gasteiger partial charge in [0.1, 0.15) is 5.76 Å². The van der Waals surface area contributed by atoms with E-state index in [2.05, 4.69) is 4.98 Å². The van der Waals surface area contributed by atoms with Gasteiger partial charge in [0.15, 0.2) is 0 Å². The van der Waals surface area contributed by atoms with Crippen molar-refractivity contribution in [3.8, 4) is 0 Å². The molecule has 1 amide bonds. The average Bonchev–Trinajstić information content (AvgIpc) is 3.34. The van der Waals surface area contributed by atoms with Crippen molar-refractivity contribution in [2.45, 2.75) is 26.8 Å². The highest BCUT2D eigenvalue weighted by molar-refractivity contribution is 6.51. The fourth-order valence-corrected chi connectivity index (χ4v) is 4.54. The van der Waals surface area contributed by atoms with E-state index in [1.165, 1.54) is 4.90 Å². The highest BCUT2D eigenvalue weighted by Crippen LogP contribution is 2.44. The summed E-state index contributed by atoms with van der Waals surface area (Å²) in [7, 11) is 0. The van der Waals surface area contributed by atoms with E-state index < -0.39 is 17.7 Å². The van der Waals surface area contributed by atoms with E-state index in [1.54, 1.807) is 6.07 Å². The molecule has 3 aromatic carbocycles. The summed E-state index contributed by atoms with van der Waals surface area (Å²) >= 11 is 0. The maximum Gasteiger partial charge on any atom is 0.300 e. The first kappa shape index (κ1) is 20.8. The third-order valence-corrected chi connectivity index (χ3v) is 6.42. The van der Waals surface area contributed by atoms with Crippen LogP contribution in [-0.4, -0.2) is 21.8 Å². The summed E-state index contributed by atoms with van der Waals surface area (Å²) < 4.78 is 0. The Bertz CT molecular complexity index is 1460. The Morgan fingerprint density at radius 1 is 0.909 bits per heavy atom. The zero-order valence-electron chi connectivity index (χ0n) is 18.7. The van der Waals surface area contributed by atoms with E-state index in [1.807, 2.05) is 87.6 Å². The number of carbonyl (C=O) groups is 2. The number of hydrogen-bond donors (Lipinski definition) is 2. The number of anilines is 1. The van der Waals surface area contributed by atoms with E-state index in [0.717, 1.165) is 33.2 Å². The number of aryl methyl sites for hydroxylation is 3. The summed E-state index contributed by atoms with van der Waals surface area (Å²) in [6.45, 7) is 5.88. The number of fused-ring (bicyclic) bond motifs is 1. The van der Waals surface area contributed by atoms with Crippen LogP contribution >= 0.6 is 0 Å². The van der Waals surface area contributed by atoms with Gasteiger partial charge >= 0.3 is 0 Å². The molecule has 0 bridgehead atoms. The Labute approximate surface area is 192 Å². The van der Waals surface area contributed by atoms with Gasteiger partial charge < -0.3 is 10.1 Å². The van der Waals surface area contributed by atoms with Crippen molar-refractivity contribution in [2.75, 3.05) is 4.90 Å². The van der Waals surface area contributed by atoms with Gasteiger partial charge in [-0.05, 0) is 61.7 Å². The summed E-state index contributed by atoms with van der Waals surface area (Å²) in [4.78, 5) is 31.4. The number of para-hydroxylation sites is 1. The Morgan fingerprint density at radius 2 is 1.70 bits per heavy atom. The molecule has 1 fully saturated rings. The predicted octanol–water partition coefficient (Wildman–Crippen LogP) is 5.72. The van der Waals surface area contributed by atoms with Crippen LogP contribution in [0.3, 0.4) is 0 Å². The fourth-order valence-electron chi connectivity index (χ4n) is 4.54.